The van der Waals surface area contributed by atoms with Crippen LogP contribution in [-0.4, -0.2) is 19.7 Å². The lowest BCUT2D eigenvalue weighted by molar-refractivity contribution is 0.409. The Morgan fingerprint density at radius 1 is 1.30 bits per heavy atom. The fourth-order valence-electron chi connectivity index (χ4n) is 0.875. The first kappa shape index (κ1) is 10.2. The highest BCUT2D eigenvalue weighted by Gasteiger charge is 2.34. The van der Waals surface area contributed by atoms with Crippen LogP contribution in [0.25, 0.3) is 0 Å². The van der Waals surface area contributed by atoms with Crippen LogP contribution in [0.5, 0.6) is 0 Å². The van der Waals surface area contributed by atoms with Crippen molar-refractivity contribution in [1.82, 2.24) is 0 Å². The standard InChI is InChI=1S/C4H10N2O2S.ClH/c5-3-1-4(2-3)9(6,7)8;/h3-4H,1-2,5H2,(H2,6,7,8);1H/t3-,4-;. The van der Waals surface area contributed by atoms with Crippen molar-refractivity contribution in [3.63, 3.8) is 0 Å². The van der Waals surface area contributed by atoms with Crippen molar-refractivity contribution in [2.75, 3.05) is 0 Å². The third-order valence-electron chi connectivity index (χ3n) is 1.60. The van der Waals surface area contributed by atoms with Crippen molar-refractivity contribution in [1.29, 1.82) is 0 Å². The van der Waals surface area contributed by atoms with E-state index in [-0.39, 0.29) is 23.7 Å². The van der Waals surface area contributed by atoms with E-state index in [0.29, 0.717) is 12.8 Å². The molecule has 0 amide bonds. The molecule has 62 valence electrons. The molecule has 0 aliphatic heterocycles. The number of nitrogens with two attached hydrogens (primary N) is 2. The van der Waals surface area contributed by atoms with Crippen molar-refractivity contribution in [2.24, 2.45) is 10.9 Å². The molecule has 1 saturated carbocycles. The summed E-state index contributed by atoms with van der Waals surface area (Å²) >= 11 is 0. The zero-order valence-electron chi connectivity index (χ0n) is 5.36. The summed E-state index contributed by atoms with van der Waals surface area (Å²) in [6.07, 6.45) is 1.05. The first-order valence-corrected chi connectivity index (χ1v) is 4.38. The van der Waals surface area contributed by atoms with Gasteiger partial charge in [0.1, 0.15) is 0 Å². The Balaban J connectivity index is 0.000000810. The summed E-state index contributed by atoms with van der Waals surface area (Å²) in [5.41, 5.74) is 5.35. The highest BCUT2D eigenvalue weighted by Crippen LogP contribution is 2.22. The van der Waals surface area contributed by atoms with Crippen molar-refractivity contribution in [3.8, 4) is 0 Å². The second kappa shape index (κ2) is 3.04. The van der Waals surface area contributed by atoms with Gasteiger partial charge in [-0.1, -0.05) is 0 Å². The molecule has 0 atom stereocenters. The molecule has 0 aromatic carbocycles. The maximum atomic E-state index is 10.5. The summed E-state index contributed by atoms with van der Waals surface area (Å²) in [6, 6.07) is 0.0494. The van der Waals surface area contributed by atoms with E-state index in [4.69, 9.17) is 10.9 Å². The van der Waals surface area contributed by atoms with Crippen LogP contribution in [0.4, 0.5) is 0 Å². The molecule has 0 bridgehead atoms. The molecule has 0 spiro atoms. The van der Waals surface area contributed by atoms with Gasteiger partial charge in [-0.3, -0.25) is 0 Å². The van der Waals surface area contributed by atoms with E-state index in [0.717, 1.165) is 0 Å². The van der Waals surface area contributed by atoms with E-state index in [1.54, 1.807) is 0 Å². The molecular weight excluding hydrogens is 176 g/mol. The lowest BCUT2D eigenvalue weighted by Crippen LogP contribution is -2.47. The predicted molar refractivity (Wildman–Crippen MR) is 41.4 cm³/mol. The summed E-state index contributed by atoms with van der Waals surface area (Å²) in [5.74, 6) is 0. The van der Waals surface area contributed by atoms with Crippen molar-refractivity contribution < 1.29 is 8.42 Å². The predicted octanol–water partition coefficient (Wildman–Crippen LogP) is -0.814. The molecule has 0 heterocycles. The van der Waals surface area contributed by atoms with Crippen LogP contribution < -0.4 is 10.9 Å². The first-order valence-electron chi connectivity index (χ1n) is 2.77. The average molecular weight is 187 g/mol. The molecule has 4 N–H and O–H groups in total. The van der Waals surface area contributed by atoms with Gasteiger partial charge in [-0.15, -0.1) is 12.4 Å². The van der Waals surface area contributed by atoms with E-state index < -0.39 is 10.0 Å². The van der Waals surface area contributed by atoms with Gasteiger partial charge < -0.3 is 5.73 Å². The Hall–Kier alpha value is 0.160. The quantitative estimate of drug-likeness (QED) is 0.562. The maximum Gasteiger partial charge on any atom is 0.212 e. The highest BCUT2D eigenvalue weighted by atomic mass is 35.5. The third-order valence-corrected chi connectivity index (χ3v) is 2.91. The summed E-state index contributed by atoms with van der Waals surface area (Å²) in [7, 11) is -3.28. The van der Waals surface area contributed by atoms with Gasteiger partial charge in [-0.05, 0) is 12.8 Å². The fraction of sp³-hybridized carbons (Fsp3) is 1.00. The normalized spacial score (nSPS) is 32.2. The average Bonchev–Trinajstić information content (AvgIpc) is 1.55. The zero-order valence-corrected chi connectivity index (χ0v) is 6.99. The van der Waals surface area contributed by atoms with Crippen LogP contribution in [-0.2, 0) is 10.0 Å². The summed E-state index contributed by atoms with van der Waals surface area (Å²) < 4.78 is 21.0. The van der Waals surface area contributed by atoms with Gasteiger partial charge in [0, 0.05) is 6.04 Å². The minimum atomic E-state index is -3.28. The first-order chi connectivity index (χ1) is 4.00. The number of primary sulfonamides is 1. The molecule has 0 saturated heterocycles. The number of halogens is 1. The molecule has 1 aliphatic carbocycles. The lowest BCUT2D eigenvalue weighted by Gasteiger charge is -2.29. The SMILES string of the molecule is Cl.NS(=O)(=O)[C@H]1C[C@H](N)C1. The van der Waals surface area contributed by atoms with Gasteiger partial charge in [-0.25, -0.2) is 13.6 Å². The molecule has 0 radical (unpaired) electrons. The van der Waals surface area contributed by atoms with E-state index in [2.05, 4.69) is 0 Å². The van der Waals surface area contributed by atoms with Crippen LogP contribution in [0, 0.1) is 0 Å². The molecular formula is C4H11ClN2O2S. The molecule has 6 heteroatoms. The van der Waals surface area contributed by atoms with Crippen molar-refractivity contribution in [2.45, 2.75) is 24.1 Å². The monoisotopic (exact) mass is 186 g/mol. The number of hydrogen-bond donors (Lipinski definition) is 2. The maximum absolute atomic E-state index is 10.5. The van der Waals surface area contributed by atoms with Crippen LogP contribution >= 0.6 is 12.4 Å². The Kier molecular flexibility index (Phi) is 3.09. The number of sulfonamides is 1. The minimum Gasteiger partial charge on any atom is -0.328 e. The summed E-state index contributed by atoms with van der Waals surface area (Å²) in [6.45, 7) is 0. The van der Waals surface area contributed by atoms with Crippen molar-refractivity contribution >= 4 is 22.4 Å². The Morgan fingerprint density at radius 3 is 1.80 bits per heavy atom. The molecule has 1 fully saturated rings. The van der Waals surface area contributed by atoms with Gasteiger partial charge >= 0.3 is 0 Å². The lowest BCUT2D eigenvalue weighted by atomic mass is 9.94. The summed E-state index contributed by atoms with van der Waals surface area (Å²) in [4.78, 5) is 0. The summed E-state index contributed by atoms with van der Waals surface area (Å²) in [5, 5.41) is 4.45. The number of hydrogen-bond acceptors (Lipinski definition) is 3. The van der Waals surface area contributed by atoms with E-state index in [1.807, 2.05) is 0 Å². The highest BCUT2D eigenvalue weighted by molar-refractivity contribution is 7.89. The minimum absolute atomic E-state index is 0. The van der Waals surface area contributed by atoms with Crippen molar-refractivity contribution in [3.05, 3.63) is 0 Å². The van der Waals surface area contributed by atoms with Crippen LogP contribution in [0.15, 0.2) is 0 Å². The van der Waals surface area contributed by atoms with Gasteiger partial charge in [-0.2, -0.15) is 0 Å². The topological polar surface area (TPSA) is 86.2 Å². The Morgan fingerprint density at radius 2 is 1.70 bits per heavy atom. The van der Waals surface area contributed by atoms with Crippen LogP contribution in [0.3, 0.4) is 0 Å². The largest absolute Gasteiger partial charge is 0.328 e. The van der Waals surface area contributed by atoms with Crippen LogP contribution in [0.2, 0.25) is 0 Å². The second-order valence-electron chi connectivity index (χ2n) is 2.44. The zero-order chi connectivity index (χ0) is 7.07. The Bertz CT molecular complexity index is 197. The van der Waals surface area contributed by atoms with E-state index in [9.17, 15) is 8.42 Å². The molecule has 0 aromatic rings. The molecule has 10 heavy (non-hydrogen) atoms. The van der Waals surface area contributed by atoms with E-state index >= 15 is 0 Å². The van der Waals surface area contributed by atoms with E-state index in [1.165, 1.54) is 0 Å². The number of rotatable bonds is 1. The smallest absolute Gasteiger partial charge is 0.212 e. The van der Waals surface area contributed by atoms with Gasteiger partial charge in [0.15, 0.2) is 0 Å². The molecule has 0 aromatic heterocycles. The molecule has 4 nitrogen and oxygen atoms in total. The second-order valence-corrected chi connectivity index (χ2v) is 4.29. The fourth-order valence-corrected chi connectivity index (χ4v) is 1.91. The Labute approximate surface area is 66.4 Å². The van der Waals surface area contributed by atoms with Gasteiger partial charge in [0.2, 0.25) is 10.0 Å². The molecule has 1 rings (SSSR count). The third kappa shape index (κ3) is 2.09. The van der Waals surface area contributed by atoms with Crippen LogP contribution in [0.1, 0.15) is 12.8 Å². The van der Waals surface area contributed by atoms with Gasteiger partial charge in [0.05, 0.1) is 5.25 Å². The molecule has 1 aliphatic rings. The van der Waals surface area contributed by atoms with Gasteiger partial charge in [0.25, 0.3) is 0 Å². The molecule has 0 unspecified atom stereocenters.